The number of hydrogen-bond donors (Lipinski definition) is 2. The maximum atomic E-state index is 13.9. The van der Waals surface area contributed by atoms with Gasteiger partial charge in [0.05, 0.1) is 10.5 Å². The average molecular weight is 317 g/mol. The van der Waals surface area contributed by atoms with Crippen LogP contribution in [0.3, 0.4) is 0 Å². The summed E-state index contributed by atoms with van der Waals surface area (Å²) in [6.45, 7) is 1.34. The minimum absolute atomic E-state index is 0.124. The van der Waals surface area contributed by atoms with Gasteiger partial charge in [-0.3, -0.25) is 20.2 Å². The molecule has 3 N–H and O–H groups in total. The van der Waals surface area contributed by atoms with Gasteiger partial charge in [-0.1, -0.05) is 36.4 Å². The van der Waals surface area contributed by atoms with Crippen molar-refractivity contribution in [3.8, 4) is 0 Å². The fourth-order valence-electron chi connectivity index (χ4n) is 2.26. The Kier molecular flexibility index (Phi) is 4.71. The van der Waals surface area contributed by atoms with E-state index in [2.05, 4.69) is 5.32 Å². The third-order valence-corrected chi connectivity index (χ3v) is 3.75. The predicted molar refractivity (Wildman–Crippen MR) is 82.9 cm³/mol. The quantitative estimate of drug-likeness (QED) is 0.630. The van der Waals surface area contributed by atoms with Gasteiger partial charge in [0, 0.05) is 12.6 Å². The van der Waals surface area contributed by atoms with Crippen LogP contribution < -0.4 is 11.1 Å². The number of nitrogens with one attached hydrogen (secondary N) is 1. The zero-order valence-electron chi connectivity index (χ0n) is 12.5. The molecule has 2 rings (SSSR count). The Bertz CT molecular complexity index is 737. The summed E-state index contributed by atoms with van der Waals surface area (Å²) in [6, 6.07) is 12.3. The zero-order valence-corrected chi connectivity index (χ0v) is 12.5. The normalized spacial score (nSPS) is 13.3. The number of primary amides is 1. The van der Waals surface area contributed by atoms with Crippen molar-refractivity contribution in [1.29, 1.82) is 0 Å². The molecular formula is C16H16FN3O3. The van der Waals surface area contributed by atoms with Crippen molar-refractivity contribution in [2.24, 2.45) is 5.73 Å². The Morgan fingerprint density at radius 1 is 1.26 bits per heavy atom. The van der Waals surface area contributed by atoms with Crippen molar-refractivity contribution in [1.82, 2.24) is 5.32 Å². The lowest BCUT2D eigenvalue weighted by atomic mass is 9.91. The third-order valence-electron chi connectivity index (χ3n) is 3.75. The molecule has 6 nitrogen and oxygen atoms in total. The van der Waals surface area contributed by atoms with E-state index in [1.165, 1.54) is 12.1 Å². The van der Waals surface area contributed by atoms with E-state index in [0.29, 0.717) is 5.56 Å². The molecule has 0 radical (unpaired) electrons. The summed E-state index contributed by atoms with van der Waals surface area (Å²) in [5.41, 5.74) is 4.31. The topological polar surface area (TPSA) is 98.3 Å². The Morgan fingerprint density at radius 3 is 2.48 bits per heavy atom. The van der Waals surface area contributed by atoms with Crippen LogP contribution in [0.15, 0.2) is 48.5 Å². The number of nitrogens with two attached hydrogens (primary N) is 1. The zero-order chi connectivity index (χ0) is 17.0. The van der Waals surface area contributed by atoms with Crippen LogP contribution >= 0.6 is 0 Å². The SMILES string of the molecule is C[C@](NCc1c(F)cccc1[N+](=O)[O-])(C(N)=O)c1ccccc1. The lowest BCUT2D eigenvalue weighted by Crippen LogP contribution is -2.50. The van der Waals surface area contributed by atoms with Crippen molar-refractivity contribution < 1.29 is 14.1 Å². The van der Waals surface area contributed by atoms with Gasteiger partial charge in [0.25, 0.3) is 5.69 Å². The number of amides is 1. The molecule has 120 valence electrons. The number of carbonyl (C=O) groups excluding carboxylic acids is 1. The van der Waals surface area contributed by atoms with E-state index < -0.39 is 22.2 Å². The van der Waals surface area contributed by atoms with Crippen LogP contribution in [0.25, 0.3) is 0 Å². The maximum absolute atomic E-state index is 13.9. The molecule has 7 heteroatoms. The molecule has 2 aromatic rings. The predicted octanol–water partition coefficient (Wildman–Crippen LogP) is 2.22. The molecule has 0 bridgehead atoms. The number of hydrogen-bond acceptors (Lipinski definition) is 4. The fourth-order valence-corrected chi connectivity index (χ4v) is 2.26. The molecule has 0 aliphatic carbocycles. The summed E-state index contributed by atoms with van der Waals surface area (Å²) in [5, 5.41) is 13.9. The molecule has 0 aromatic heterocycles. The van der Waals surface area contributed by atoms with Gasteiger partial charge in [-0.15, -0.1) is 0 Å². The lowest BCUT2D eigenvalue weighted by Gasteiger charge is -2.28. The second-order valence-corrected chi connectivity index (χ2v) is 5.20. The smallest absolute Gasteiger partial charge is 0.276 e. The fraction of sp³-hybridized carbons (Fsp3) is 0.188. The van der Waals surface area contributed by atoms with E-state index >= 15 is 0 Å². The number of halogens is 1. The Morgan fingerprint density at radius 2 is 1.91 bits per heavy atom. The van der Waals surface area contributed by atoms with E-state index in [9.17, 15) is 19.3 Å². The lowest BCUT2D eigenvalue weighted by molar-refractivity contribution is -0.385. The van der Waals surface area contributed by atoms with Crippen molar-refractivity contribution in [2.45, 2.75) is 19.0 Å². The van der Waals surface area contributed by atoms with E-state index in [0.717, 1.165) is 6.07 Å². The van der Waals surface area contributed by atoms with Crippen LogP contribution in [-0.4, -0.2) is 10.8 Å². The highest BCUT2D eigenvalue weighted by Crippen LogP contribution is 2.25. The summed E-state index contributed by atoms with van der Waals surface area (Å²) in [6.07, 6.45) is 0. The molecule has 0 unspecified atom stereocenters. The highest BCUT2D eigenvalue weighted by atomic mass is 19.1. The van der Waals surface area contributed by atoms with Crippen molar-refractivity contribution in [2.75, 3.05) is 0 Å². The van der Waals surface area contributed by atoms with Gasteiger partial charge in [-0.25, -0.2) is 4.39 Å². The second-order valence-electron chi connectivity index (χ2n) is 5.20. The van der Waals surface area contributed by atoms with E-state index in [1.807, 2.05) is 0 Å². The van der Waals surface area contributed by atoms with E-state index in [-0.39, 0.29) is 17.8 Å². The number of nitro groups is 1. The first-order valence-electron chi connectivity index (χ1n) is 6.88. The van der Waals surface area contributed by atoms with E-state index in [1.54, 1.807) is 37.3 Å². The van der Waals surface area contributed by atoms with Crippen LogP contribution in [-0.2, 0) is 16.9 Å². The molecule has 2 aromatic carbocycles. The number of nitro benzene ring substituents is 1. The first-order valence-corrected chi connectivity index (χ1v) is 6.88. The van der Waals surface area contributed by atoms with Crippen LogP contribution in [0.4, 0.5) is 10.1 Å². The van der Waals surface area contributed by atoms with Crippen LogP contribution in [0.2, 0.25) is 0 Å². The van der Waals surface area contributed by atoms with Gasteiger partial charge in [0.15, 0.2) is 0 Å². The van der Waals surface area contributed by atoms with Crippen LogP contribution in [0.1, 0.15) is 18.1 Å². The summed E-state index contributed by atoms with van der Waals surface area (Å²) in [7, 11) is 0. The molecular weight excluding hydrogens is 301 g/mol. The summed E-state index contributed by atoms with van der Waals surface area (Å²) in [4.78, 5) is 22.2. The minimum atomic E-state index is -1.28. The van der Waals surface area contributed by atoms with Gasteiger partial charge < -0.3 is 5.73 Å². The van der Waals surface area contributed by atoms with Gasteiger partial charge in [-0.2, -0.15) is 0 Å². The molecule has 0 aliphatic rings. The summed E-state index contributed by atoms with van der Waals surface area (Å²) in [5.74, 6) is -1.38. The summed E-state index contributed by atoms with van der Waals surface area (Å²) < 4.78 is 13.9. The number of carbonyl (C=O) groups is 1. The van der Waals surface area contributed by atoms with Gasteiger partial charge in [-0.05, 0) is 18.6 Å². The molecule has 1 atom stereocenters. The monoisotopic (exact) mass is 317 g/mol. The minimum Gasteiger partial charge on any atom is -0.368 e. The Hall–Kier alpha value is -2.80. The molecule has 0 spiro atoms. The second kappa shape index (κ2) is 6.53. The van der Waals surface area contributed by atoms with Crippen molar-refractivity contribution in [3.63, 3.8) is 0 Å². The first kappa shape index (κ1) is 16.6. The highest BCUT2D eigenvalue weighted by molar-refractivity contribution is 5.85. The average Bonchev–Trinajstić information content (AvgIpc) is 2.53. The first-order chi connectivity index (χ1) is 10.9. The van der Waals surface area contributed by atoms with E-state index in [4.69, 9.17) is 5.73 Å². The van der Waals surface area contributed by atoms with Gasteiger partial charge >= 0.3 is 0 Å². The highest BCUT2D eigenvalue weighted by Gasteiger charge is 2.33. The molecule has 0 saturated heterocycles. The number of rotatable bonds is 6. The molecule has 1 amide bonds. The maximum Gasteiger partial charge on any atom is 0.276 e. The Labute approximate surface area is 132 Å². The number of nitrogens with zero attached hydrogens (tertiary/aromatic N) is 1. The Balaban J connectivity index is 2.35. The van der Waals surface area contributed by atoms with Crippen molar-refractivity contribution >= 4 is 11.6 Å². The third kappa shape index (κ3) is 3.35. The standard InChI is InChI=1S/C16H16FN3O3/c1-16(15(18)21,11-6-3-2-4-7-11)19-10-12-13(17)8-5-9-14(12)20(22)23/h2-9,19H,10H2,1H3,(H2,18,21)/t16-/m1/s1. The number of benzene rings is 2. The summed E-state index contributed by atoms with van der Waals surface area (Å²) >= 11 is 0. The van der Waals surface area contributed by atoms with Gasteiger partial charge in [0.1, 0.15) is 11.4 Å². The molecule has 0 heterocycles. The van der Waals surface area contributed by atoms with Crippen LogP contribution in [0.5, 0.6) is 0 Å². The molecule has 0 fully saturated rings. The molecule has 0 saturated carbocycles. The van der Waals surface area contributed by atoms with Crippen LogP contribution in [0, 0.1) is 15.9 Å². The largest absolute Gasteiger partial charge is 0.368 e. The van der Waals surface area contributed by atoms with Crippen molar-refractivity contribution in [3.05, 3.63) is 75.6 Å². The molecule has 0 aliphatic heterocycles. The van der Waals surface area contributed by atoms with Gasteiger partial charge in [0.2, 0.25) is 5.91 Å². The molecule has 23 heavy (non-hydrogen) atoms.